The van der Waals surface area contributed by atoms with Crippen molar-refractivity contribution in [3.05, 3.63) is 0 Å². The quantitative estimate of drug-likeness (QED) is 0.673. The van der Waals surface area contributed by atoms with Gasteiger partial charge < -0.3 is 4.74 Å². The molecular formula is C12H23NO. The second kappa shape index (κ2) is 3.21. The number of hydrogen-bond donors (Lipinski definition) is 0. The molecule has 0 radical (unpaired) electrons. The van der Waals surface area contributed by atoms with Crippen molar-refractivity contribution in [3.8, 4) is 0 Å². The van der Waals surface area contributed by atoms with E-state index in [1.54, 1.807) is 0 Å². The first-order valence-electron chi connectivity index (χ1n) is 5.85. The molecule has 0 atom stereocenters. The summed E-state index contributed by atoms with van der Waals surface area (Å²) in [5.41, 5.74) is 0.587. The van der Waals surface area contributed by atoms with Gasteiger partial charge in [-0.1, -0.05) is 13.8 Å². The van der Waals surface area contributed by atoms with Crippen LogP contribution in [0.5, 0.6) is 0 Å². The predicted molar refractivity (Wildman–Crippen MR) is 58.4 cm³/mol. The van der Waals surface area contributed by atoms with Crippen LogP contribution in [0.15, 0.2) is 0 Å². The van der Waals surface area contributed by atoms with Gasteiger partial charge in [-0.3, -0.25) is 4.90 Å². The number of hydrogen-bond acceptors (Lipinski definition) is 2. The first-order chi connectivity index (χ1) is 6.46. The van der Waals surface area contributed by atoms with Crippen molar-refractivity contribution < 1.29 is 4.74 Å². The molecular weight excluding hydrogens is 174 g/mol. The molecule has 1 heterocycles. The minimum absolute atomic E-state index is 0.268. The van der Waals surface area contributed by atoms with Gasteiger partial charge in [-0.2, -0.15) is 0 Å². The Kier molecular flexibility index (Phi) is 2.39. The highest BCUT2D eigenvalue weighted by Gasteiger charge is 2.49. The largest absolute Gasteiger partial charge is 0.372 e. The van der Waals surface area contributed by atoms with Crippen LogP contribution in [0.3, 0.4) is 0 Å². The van der Waals surface area contributed by atoms with Crippen molar-refractivity contribution in [1.29, 1.82) is 0 Å². The van der Waals surface area contributed by atoms with Crippen LogP contribution < -0.4 is 0 Å². The maximum absolute atomic E-state index is 5.84. The van der Waals surface area contributed by atoms with Gasteiger partial charge in [0.25, 0.3) is 0 Å². The van der Waals surface area contributed by atoms with Crippen molar-refractivity contribution in [2.45, 2.75) is 51.7 Å². The minimum atomic E-state index is 0.268. The lowest BCUT2D eigenvalue weighted by Crippen LogP contribution is -2.56. The summed E-state index contributed by atoms with van der Waals surface area (Å²) in [6.07, 6.45) is 2.55. The van der Waals surface area contributed by atoms with Gasteiger partial charge in [-0.15, -0.1) is 0 Å². The zero-order chi connectivity index (χ0) is 10.4. The van der Waals surface area contributed by atoms with E-state index in [9.17, 15) is 0 Å². The Balaban J connectivity index is 2.03. The first kappa shape index (κ1) is 10.4. The fourth-order valence-corrected chi connectivity index (χ4v) is 2.14. The average molecular weight is 197 g/mol. The predicted octanol–water partition coefficient (Wildman–Crippen LogP) is 2.29. The average Bonchev–Trinajstić information content (AvgIpc) is 2.85. The zero-order valence-electron chi connectivity index (χ0n) is 9.97. The molecule has 2 heteroatoms. The highest BCUT2D eigenvalue weighted by molar-refractivity contribution is 5.03. The van der Waals surface area contributed by atoms with Crippen molar-refractivity contribution in [1.82, 2.24) is 4.90 Å². The van der Waals surface area contributed by atoms with Gasteiger partial charge in [0.2, 0.25) is 0 Å². The summed E-state index contributed by atoms with van der Waals surface area (Å²) < 4.78 is 5.84. The van der Waals surface area contributed by atoms with Crippen LogP contribution in [0.4, 0.5) is 0 Å². The molecule has 0 aromatic rings. The van der Waals surface area contributed by atoms with E-state index >= 15 is 0 Å². The van der Waals surface area contributed by atoms with Crippen molar-refractivity contribution in [3.63, 3.8) is 0 Å². The van der Waals surface area contributed by atoms with Crippen LogP contribution in [-0.4, -0.2) is 35.7 Å². The molecule has 1 spiro atoms. The van der Waals surface area contributed by atoms with Gasteiger partial charge in [0, 0.05) is 18.6 Å². The zero-order valence-corrected chi connectivity index (χ0v) is 9.97. The Morgan fingerprint density at radius 3 is 2.43 bits per heavy atom. The SMILES string of the molecule is CC(C)C(C)(C)N1CCOC2(CC2)C1. The molecule has 2 rings (SSSR count). The van der Waals surface area contributed by atoms with E-state index < -0.39 is 0 Å². The van der Waals surface area contributed by atoms with Crippen LogP contribution in [0, 0.1) is 5.92 Å². The first-order valence-corrected chi connectivity index (χ1v) is 5.85. The normalized spacial score (nSPS) is 27.2. The molecule has 1 saturated carbocycles. The molecule has 0 unspecified atom stereocenters. The standard InChI is InChI=1S/C12H23NO/c1-10(2)11(3,4)13-7-8-14-12(9-13)5-6-12/h10H,5-9H2,1-4H3. The Hall–Kier alpha value is -0.0800. The van der Waals surface area contributed by atoms with E-state index in [0.29, 0.717) is 11.5 Å². The Bertz CT molecular complexity index is 218. The van der Waals surface area contributed by atoms with E-state index in [0.717, 1.165) is 19.7 Å². The smallest absolute Gasteiger partial charge is 0.0811 e. The summed E-state index contributed by atoms with van der Waals surface area (Å²) in [5, 5.41) is 0. The van der Waals surface area contributed by atoms with E-state index in [1.807, 2.05) is 0 Å². The summed E-state index contributed by atoms with van der Waals surface area (Å²) in [6, 6.07) is 0. The molecule has 0 bridgehead atoms. The Morgan fingerprint density at radius 2 is 1.93 bits per heavy atom. The third kappa shape index (κ3) is 1.70. The number of rotatable bonds is 2. The van der Waals surface area contributed by atoms with Crippen molar-refractivity contribution in [2.75, 3.05) is 19.7 Å². The number of morpholine rings is 1. The summed E-state index contributed by atoms with van der Waals surface area (Å²) in [4.78, 5) is 2.62. The lowest BCUT2D eigenvalue weighted by atomic mass is 9.88. The highest BCUT2D eigenvalue weighted by Crippen LogP contribution is 2.44. The number of ether oxygens (including phenoxy) is 1. The van der Waals surface area contributed by atoms with E-state index in [4.69, 9.17) is 4.74 Å². The molecule has 82 valence electrons. The van der Waals surface area contributed by atoms with E-state index in [-0.39, 0.29) is 5.60 Å². The van der Waals surface area contributed by atoms with Crippen molar-refractivity contribution >= 4 is 0 Å². The Morgan fingerprint density at radius 1 is 1.29 bits per heavy atom. The lowest BCUT2D eigenvalue weighted by molar-refractivity contribution is -0.0864. The second-order valence-electron chi connectivity index (χ2n) is 5.76. The fourth-order valence-electron chi connectivity index (χ4n) is 2.14. The molecule has 0 amide bonds. The molecule has 2 fully saturated rings. The van der Waals surface area contributed by atoms with Crippen LogP contribution >= 0.6 is 0 Å². The van der Waals surface area contributed by atoms with Crippen LogP contribution in [0.25, 0.3) is 0 Å². The van der Waals surface area contributed by atoms with Crippen LogP contribution in [-0.2, 0) is 4.74 Å². The second-order valence-corrected chi connectivity index (χ2v) is 5.76. The molecule has 2 nitrogen and oxygen atoms in total. The molecule has 0 aromatic heterocycles. The maximum Gasteiger partial charge on any atom is 0.0811 e. The van der Waals surface area contributed by atoms with Gasteiger partial charge >= 0.3 is 0 Å². The summed E-state index contributed by atoms with van der Waals surface area (Å²) >= 11 is 0. The maximum atomic E-state index is 5.84. The van der Waals surface area contributed by atoms with Gasteiger partial charge in [-0.25, -0.2) is 0 Å². The summed E-state index contributed by atoms with van der Waals surface area (Å²) in [6.45, 7) is 12.5. The molecule has 1 saturated heterocycles. The highest BCUT2D eigenvalue weighted by atomic mass is 16.5. The van der Waals surface area contributed by atoms with E-state index in [1.165, 1.54) is 12.8 Å². The third-order valence-corrected chi connectivity index (χ3v) is 4.28. The minimum Gasteiger partial charge on any atom is -0.372 e. The summed E-state index contributed by atoms with van der Waals surface area (Å²) in [7, 11) is 0. The fraction of sp³-hybridized carbons (Fsp3) is 1.00. The Labute approximate surface area is 87.6 Å². The number of nitrogens with zero attached hydrogens (tertiary/aromatic N) is 1. The van der Waals surface area contributed by atoms with Gasteiger partial charge in [0.05, 0.1) is 12.2 Å². The van der Waals surface area contributed by atoms with Crippen molar-refractivity contribution in [2.24, 2.45) is 5.92 Å². The molecule has 0 N–H and O–H groups in total. The molecule has 2 aliphatic rings. The van der Waals surface area contributed by atoms with E-state index in [2.05, 4.69) is 32.6 Å². The molecule has 0 aromatic carbocycles. The van der Waals surface area contributed by atoms with Gasteiger partial charge in [0.1, 0.15) is 0 Å². The van der Waals surface area contributed by atoms with Gasteiger partial charge in [-0.05, 0) is 32.6 Å². The topological polar surface area (TPSA) is 12.5 Å². The van der Waals surface area contributed by atoms with Gasteiger partial charge in [0.15, 0.2) is 0 Å². The third-order valence-electron chi connectivity index (χ3n) is 4.28. The lowest BCUT2D eigenvalue weighted by Gasteiger charge is -2.46. The molecule has 1 aliphatic heterocycles. The monoisotopic (exact) mass is 197 g/mol. The molecule has 14 heavy (non-hydrogen) atoms. The molecule has 1 aliphatic carbocycles. The van der Waals surface area contributed by atoms with Crippen LogP contribution in [0.1, 0.15) is 40.5 Å². The summed E-state index contributed by atoms with van der Waals surface area (Å²) in [5.74, 6) is 0.705. The van der Waals surface area contributed by atoms with Crippen LogP contribution in [0.2, 0.25) is 0 Å².